The van der Waals surface area contributed by atoms with Crippen molar-refractivity contribution >= 4 is 40.6 Å². The number of pyridine rings is 1. The molecule has 4 rings (SSSR count). The zero-order valence-electron chi connectivity index (χ0n) is 18.8. The Labute approximate surface area is 205 Å². The summed E-state index contributed by atoms with van der Waals surface area (Å²) in [7, 11) is 1.34. The van der Waals surface area contributed by atoms with Crippen LogP contribution in [0.25, 0.3) is 0 Å². The predicted octanol–water partition coefficient (Wildman–Crippen LogP) is 4.53. The molecule has 35 heavy (non-hydrogen) atoms. The Kier molecular flexibility index (Phi) is 6.51. The van der Waals surface area contributed by atoms with Gasteiger partial charge in [0, 0.05) is 12.1 Å². The van der Waals surface area contributed by atoms with E-state index in [1.807, 2.05) is 24.3 Å². The summed E-state index contributed by atoms with van der Waals surface area (Å²) in [6.45, 7) is 0. The molecule has 1 saturated carbocycles. The molecule has 7 nitrogen and oxygen atoms in total. The fourth-order valence-electron chi connectivity index (χ4n) is 4.44. The van der Waals surface area contributed by atoms with Gasteiger partial charge in [0.1, 0.15) is 11.6 Å². The summed E-state index contributed by atoms with van der Waals surface area (Å²) in [6, 6.07) is 9.57. The SMILES string of the molecule is COC(=O)CCCc1ccc(N2C(=S)N(c3cnc(C#N)c(C(F)(F)F)c3)C(=O)C23CCC3)cc1. The number of aryl methyl sites for hydroxylation is 1. The molecule has 1 amide bonds. The Morgan fingerprint density at radius 1 is 1.26 bits per heavy atom. The summed E-state index contributed by atoms with van der Waals surface area (Å²) in [5, 5.41) is 9.09. The number of alkyl halides is 3. The van der Waals surface area contributed by atoms with Crippen molar-refractivity contribution in [2.75, 3.05) is 16.9 Å². The number of methoxy groups -OCH3 is 1. The van der Waals surface area contributed by atoms with Gasteiger partial charge in [0.2, 0.25) is 0 Å². The summed E-state index contributed by atoms with van der Waals surface area (Å²) < 4.78 is 45.1. The van der Waals surface area contributed by atoms with E-state index in [9.17, 15) is 22.8 Å². The lowest BCUT2D eigenvalue weighted by atomic mass is 9.75. The number of esters is 1. The third-order valence-corrected chi connectivity index (χ3v) is 6.77. The Hall–Kier alpha value is -3.52. The number of ether oxygens (including phenoxy) is 1. The van der Waals surface area contributed by atoms with Gasteiger partial charge >= 0.3 is 12.1 Å². The number of nitriles is 1. The van der Waals surface area contributed by atoms with Crippen LogP contribution in [0.3, 0.4) is 0 Å². The first-order chi connectivity index (χ1) is 16.6. The number of thiocarbonyl (C=S) groups is 1. The van der Waals surface area contributed by atoms with Gasteiger partial charge in [-0.3, -0.25) is 14.5 Å². The number of hydrogen-bond donors (Lipinski definition) is 0. The van der Waals surface area contributed by atoms with Crippen LogP contribution in [0.4, 0.5) is 24.5 Å². The van der Waals surface area contributed by atoms with E-state index in [-0.39, 0.29) is 16.8 Å². The first kappa shape index (κ1) is 24.6. The van der Waals surface area contributed by atoms with E-state index in [1.165, 1.54) is 13.2 Å². The van der Waals surface area contributed by atoms with Gasteiger partial charge in [-0.25, -0.2) is 4.98 Å². The Balaban J connectivity index is 1.64. The number of rotatable bonds is 6. The quantitative estimate of drug-likeness (QED) is 0.424. The monoisotopic (exact) mass is 502 g/mol. The van der Waals surface area contributed by atoms with Crippen molar-refractivity contribution in [1.82, 2.24) is 4.98 Å². The maximum Gasteiger partial charge on any atom is 0.419 e. The Morgan fingerprint density at radius 3 is 2.49 bits per heavy atom. The highest BCUT2D eigenvalue weighted by atomic mass is 32.1. The maximum atomic E-state index is 13.5. The number of carbonyl (C=O) groups is 2. The van der Waals surface area contributed by atoms with E-state index < -0.39 is 28.9 Å². The largest absolute Gasteiger partial charge is 0.469 e. The first-order valence-corrected chi connectivity index (χ1v) is 11.3. The topological polar surface area (TPSA) is 86.5 Å². The molecule has 0 unspecified atom stereocenters. The molecule has 1 saturated heterocycles. The van der Waals surface area contributed by atoms with Crippen LogP contribution in [-0.4, -0.2) is 34.6 Å². The number of hydrogen-bond acceptors (Lipinski definition) is 6. The Bertz CT molecular complexity index is 1220. The molecule has 0 N–H and O–H groups in total. The molecule has 1 aromatic heterocycles. The highest BCUT2D eigenvalue weighted by molar-refractivity contribution is 7.81. The minimum absolute atomic E-state index is 0.0628. The van der Waals surface area contributed by atoms with Crippen LogP contribution in [0.5, 0.6) is 0 Å². The summed E-state index contributed by atoms with van der Waals surface area (Å²) in [5.41, 5.74) is -1.43. The molecule has 0 atom stereocenters. The molecular weight excluding hydrogens is 481 g/mol. The number of halogens is 3. The van der Waals surface area contributed by atoms with Gasteiger partial charge in [0.05, 0.1) is 24.6 Å². The highest BCUT2D eigenvalue weighted by Gasteiger charge is 2.59. The van der Waals surface area contributed by atoms with Crippen molar-refractivity contribution in [2.45, 2.75) is 50.2 Å². The molecule has 2 fully saturated rings. The zero-order chi connectivity index (χ0) is 25.4. The van der Waals surface area contributed by atoms with Crippen LogP contribution in [-0.2, 0) is 26.9 Å². The van der Waals surface area contributed by atoms with Gasteiger partial charge in [0.15, 0.2) is 10.8 Å². The smallest absolute Gasteiger partial charge is 0.419 e. The standard InChI is InChI=1S/C24H21F3N4O3S/c1-34-20(32)5-2-4-15-6-8-16(9-7-15)31-22(35)30(21(33)23(31)10-3-11-23)17-12-18(24(25,26)27)19(13-28)29-14-17/h6-9,12,14H,2-5,10-11H2,1H3. The van der Waals surface area contributed by atoms with Crippen molar-refractivity contribution in [3.63, 3.8) is 0 Å². The minimum Gasteiger partial charge on any atom is -0.469 e. The van der Waals surface area contributed by atoms with Crippen molar-refractivity contribution < 1.29 is 27.5 Å². The van der Waals surface area contributed by atoms with Crippen LogP contribution < -0.4 is 9.80 Å². The fourth-order valence-corrected chi connectivity index (χ4v) is 4.91. The van der Waals surface area contributed by atoms with E-state index in [2.05, 4.69) is 9.72 Å². The van der Waals surface area contributed by atoms with Crippen LogP contribution >= 0.6 is 12.2 Å². The predicted molar refractivity (Wildman–Crippen MR) is 124 cm³/mol. The van der Waals surface area contributed by atoms with E-state index >= 15 is 0 Å². The summed E-state index contributed by atoms with van der Waals surface area (Å²) >= 11 is 5.60. The molecule has 2 heterocycles. The third kappa shape index (κ3) is 4.34. The number of anilines is 2. The van der Waals surface area contributed by atoms with Crippen LogP contribution in [0.1, 0.15) is 48.9 Å². The normalized spacial score (nSPS) is 16.9. The van der Waals surface area contributed by atoms with E-state index in [1.54, 1.807) is 4.90 Å². The third-order valence-electron chi connectivity index (χ3n) is 6.40. The number of amides is 1. The van der Waals surface area contributed by atoms with Crippen molar-refractivity contribution in [1.29, 1.82) is 5.26 Å². The summed E-state index contributed by atoms with van der Waals surface area (Å²) in [4.78, 5) is 31.2. The second kappa shape index (κ2) is 9.26. The molecule has 0 bridgehead atoms. The average molecular weight is 503 g/mol. The Morgan fingerprint density at radius 2 is 1.94 bits per heavy atom. The molecule has 0 radical (unpaired) electrons. The van der Waals surface area contributed by atoms with Gasteiger partial charge in [-0.05, 0) is 68.1 Å². The van der Waals surface area contributed by atoms with Crippen LogP contribution in [0.2, 0.25) is 0 Å². The number of benzene rings is 1. The first-order valence-electron chi connectivity index (χ1n) is 10.9. The lowest BCUT2D eigenvalue weighted by Crippen LogP contribution is -2.55. The molecule has 1 spiro atoms. The second-order valence-corrected chi connectivity index (χ2v) is 8.80. The van der Waals surface area contributed by atoms with Gasteiger partial charge in [-0.1, -0.05) is 12.1 Å². The zero-order valence-corrected chi connectivity index (χ0v) is 19.6. The number of nitrogens with zero attached hydrogens (tertiary/aromatic N) is 4. The van der Waals surface area contributed by atoms with E-state index in [0.29, 0.717) is 37.8 Å². The minimum atomic E-state index is -4.81. The molecule has 182 valence electrons. The molecule has 1 aromatic carbocycles. The summed E-state index contributed by atoms with van der Waals surface area (Å²) in [5.74, 6) is -0.684. The fraction of sp³-hybridized carbons (Fsp3) is 0.375. The maximum absolute atomic E-state index is 13.5. The molecule has 1 aliphatic heterocycles. The summed E-state index contributed by atoms with van der Waals surface area (Å²) in [6.07, 6.45) is -0.347. The molecule has 2 aromatic rings. The van der Waals surface area contributed by atoms with Crippen LogP contribution in [0.15, 0.2) is 36.5 Å². The van der Waals surface area contributed by atoms with Gasteiger partial charge < -0.3 is 9.64 Å². The van der Waals surface area contributed by atoms with Gasteiger partial charge in [-0.2, -0.15) is 18.4 Å². The van der Waals surface area contributed by atoms with Gasteiger partial charge in [-0.15, -0.1) is 0 Å². The van der Waals surface area contributed by atoms with Crippen molar-refractivity contribution in [3.05, 3.63) is 53.3 Å². The lowest BCUT2D eigenvalue weighted by molar-refractivity contribution is -0.140. The van der Waals surface area contributed by atoms with Crippen molar-refractivity contribution in [2.24, 2.45) is 0 Å². The molecular formula is C24H21F3N4O3S. The van der Waals surface area contributed by atoms with Crippen molar-refractivity contribution in [3.8, 4) is 6.07 Å². The highest BCUT2D eigenvalue weighted by Crippen LogP contribution is 2.48. The number of aromatic nitrogens is 1. The second-order valence-electron chi connectivity index (χ2n) is 8.44. The molecule has 2 aliphatic rings. The van der Waals surface area contributed by atoms with E-state index in [0.717, 1.165) is 29.1 Å². The lowest BCUT2D eigenvalue weighted by Gasteiger charge is -2.43. The van der Waals surface area contributed by atoms with E-state index in [4.69, 9.17) is 17.5 Å². The van der Waals surface area contributed by atoms with Crippen LogP contribution in [0, 0.1) is 11.3 Å². The van der Waals surface area contributed by atoms with Gasteiger partial charge in [0.25, 0.3) is 5.91 Å². The number of carbonyl (C=O) groups excluding carboxylic acids is 2. The molecule has 11 heteroatoms. The average Bonchev–Trinajstić information content (AvgIpc) is 3.05. The molecule has 1 aliphatic carbocycles.